The summed E-state index contributed by atoms with van der Waals surface area (Å²) in [7, 11) is 0. The van der Waals surface area contributed by atoms with Crippen LogP contribution in [0.4, 0.5) is 4.39 Å². The molecule has 0 saturated carbocycles. The second-order valence-corrected chi connectivity index (χ2v) is 5.62. The average molecular weight is 313 g/mol. The molecule has 0 aliphatic carbocycles. The fraction of sp³-hybridized carbons (Fsp3) is 0.353. The first-order valence-corrected chi connectivity index (χ1v) is 7.51. The molecule has 3 rings (SSSR count). The van der Waals surface area contributed by atoms with Gasteiger partial charge in [-0.25, -0.2) is 4.39 Å². The lowest BCUT2D eigenvalue weighted by atomic mass is 9.89. The Morgan fingerprint density at radius 3 is 2.52 bits per heavy atom. The minimum atomic E-state index is -0.351. The number of rotatable bonds is 4. The highest BCUT2D eigenvalue weighted by molar-refractivity contribution is 5.98. The Hall–Kier alpha value is -2.68. The highest BCUT2D eigenvalue weighted by atomic mass is 19.1. The summed E-state index contributed by atoms with van der Waals surface area (Å²) in [5, 5.41) is 0. The molecule has 1 aromatic carbocycles. The fourth-order valence-electron chi connectivity index (χ4n) is 2.79. The van der Waals surface area contributed by atoms with Gasteiger partial charge in [-0.2, -0.15) is 4.98 Å². The van der Waals surface area contributed by atoms with Crippen molar-refractivity contribution >= 4 is 11.7 Å². The van der Waals surface area contributed by atoms with Crippen LogP contribution in [0.5, 0.6) is 0 Å². The summed E-state index contributed by atoms with van der Waals surface area (Å²) in [6, 6.07) is 5.62. The number of carbonyl (C=O) groups is 2. The zero-order chi connectivity index (χ0) is 16.2. The van der Waals surface area contributed by atoms with Crippen molar-refractivity contribution in [2.24, 2.45) is 5.92 Å². The minimum Gasteiger partial charge on any atom is -0.341 e. The normalized spacial score (nSPS) is 15.3. The van der Waals surface area contributed by atoms with E-state index in [-0.39, 0.29) is 30.0 Å². The maximum atomic E-state index is 12.9. The van der Waals surface area contributed by atoms with Crippen molar-refractivity contribution in [3.63, 3.8) is 0 Å². The van der Waals surface area contributed by atoms with Crippen molar-refractivity contribution in [3.8, 4) is 0 Å². The molecule has 0 bridgehead atoms. The van der Waals surface area contributed by atoms with E-state index in [2.05, 4.69) is 17.4 Å². The number of hydrogen-bond donors (Lipinski definition) is 0. The van der Waals surface area contributed by atoms with Crippen molar-refractivity contribution in [2.75, 3.05) is 13.1 Å². The Balaban J connectivity index is 1.54. The van der Waals surface area contributed by atoms with Crippen LogP contribution in [-0.2, 0) is 11.3 Å². The molecule has 0 unspecified atom stereocenters. The molecule has 23 heavy (non-hydrogen) atoms. The Labute approximate surface area is 133 Å². The SMILES string of the molecule is O=C(c1ccc(F)cc1)C1CCN(C(=O)Cn2c#cnc2)CC1. The van der Waals surface area contributed by atoms with E-state index in [0.717, 1.165) is 0 Å². The van der Waals surface area contributed by atoms with E-state index in [9.17, 15) is 14.0 Å². The molecule has 118 valence electrons. The molecule has 2 heterocycles. The maximum Gasteiger partial charge on any atom is 0.243 e. The molecule has 0 atom stereocenters. The smallest absolute Gasteiger partial charge is 0.243 e. The van der Waals surface area contributed by atoms with Crippen LogP contribution in [0.15, 0.2) is 30.6 Å². The van der Waals surface area contributed by atoms with E-state index >= 15 is 0 Å². The summed E-state index contributed by atoms with van der Waals surface area (Å²) in [5.41, 5.74) is 0.528. The van der Waals surface area contributed by atoms with Crippen LogP contribution in [0, 0.1) is 24.1 Å². The number of halogens is 1. The number of hydrogen-bond acceptors (Lipinski definition) is 3. The maximum absolute atomic E-state index is 12.9. The standard InChI is InChI=1S/C17H16FN3O2/c18-15-3-1-13(2-4-15)17(23)14-5-8-21(9-6-14)16(22)11-20-10-7-19-12-20/h1-4,12,14H,5-6,8-9,11H2. The van der Waals surface area contributed by atoms with Crippen molar-refractivity contribution in [1.82, 2.24) is 14.5 Å². The Morgan fingerprint density at radius 2 is 1.91 bits per heavy atom. The van der Waals surface area contributed by atoms with Crippen molar-refractivity contribution in [1.29, 1.82) is 0 Å². The number of Topliss-reactive ketones (excluding diaryl/α,β-unsaturated/α-hetero) is 1. The monoisotopic (exact) mass is 313 g/mol. The molecular weight excluding hydrogens is 297 g/mol. The number of ketones is 1. The highest BCUT2D eigenvalue weighted by Gasteiger charge is 2.27. The van der Waals surface area contributed by atoms with Crippen molar-refractivity contribution in [2.45, 2.75) is 19.4 Å². The molecule has 0 radical (unpaired) electrons. The molecular formula is C17H16FN3O2. The van der Waals surface area contributed by atoms with Gasteiger partial charge in [0.25, 0.3) is 0 Å². The van der Waals surface area contributed by atoms with E-state index in [1.165, 1.54) is 30.6 Å². The van der Waals surface area contributed by atoms with E-state index in [4.69, 9.17) is 0 Å². The Morgan fingerprint density at radius 1 is 1.22 bits per heavy atom. The van der Waals surface area contributed by atoms with E-state index in [1.54, 1.807) is 9.47 Å². The summed E-state index contributed by atoms with van der Waals surface area (Å²) in [6.07, 6.45) is 7.99. The number of likely N-dealkylation sites (tertiary alicyclic amines) is 1. The number of carbonyl (C=O) groups excluding carboxylic acids is 2. The number of nitrogens with zero attached hydrogens (tertiary/aromatic N) is 3. The van der Waals surface area contributed by atoms with Crippen LogP contribution >= 0.6 is 0 Å². The van der Waals surface area contributed by atoms with E-state index < -0.39 is 0 Å². The predicted molar refractivity (Wildman–Crippen MR) is 79.9 cm³/mol. The molecule has 2 aromatic rings. The summed E-state index contributed by atoms with van der Waals surface area (Å²) in [5.74, 6) is -0.455. The van der Waals surface area contributed by atoms with E-state index in [0.29, 0.717) is 31.5 Å². The number of benzene rings is 1. The van der Waals surface area contributed by atoms with Gasteiger partial charge < -0.3 is 4.90 Å². The van der Waals surface area contributed by atoms with Gasteiger partial charge in [-0.3, -0.25) is 14.2 Å². The van der Waals surface area contributed by atoms with Gasteiger partial charge >= 0.3 is 0 Å². The molecule has 1 amide bonds. The second-order valence-electron chi connectivity index (χ2n) is 5.62. The largest absolute Gasteiger partial charge is 0.341 e. The average Bonchev–Trinajstić information content (AvgIpc) is 3.08. The predicted octanol–water partition coefficient (Wildman–Crippen LogP) is 1.74. The van der Waals surface area contributed by atoms with Crippen molar-refractivity contribution < 1.29 is 14.0 Å². The molecule has 1 aliphatic heterocycles. The van der Waals surface area contributed by atoms with Gasteiger partial charge in [0.15, 0.2) is 5.78 Å². The van der Waals surface area contributed by atoms with Crippen LogP contribution in [0.2, 0.25) is 0 Å². The van der Waals surface area contributed by atoms with Gasteiger partial charge in [-0.05, 0) is 37.1 Å². The minimum absolute atomic E-state index is 0.0136. The van der Waals surface area contributed by atoms with E-state index in [1.807, 2.05) is 0 Å². The topological polar surface area (TPSA) is 55.2 Å². The van der Waals surface area contributed by atoms with Crippen LogP contribution in [0.1, 0.15) is 23.2 Å². The zero-order valence-electron chi connectivity index (χ0n) is 12.5. The third-order valence-corrected chi connectivity index (χ3v) is 4.11. The molecule has 0 N–H and O–H groups in total. The molecule has 1 aliphatic rings. The summed E-state index contributed by atoms with van der Waals surface area (Å²) < 4.78 is 14.5. The van der Waals surface area contributed by atoms with Gasteiger partial charge in [0.2, 0.25) is 5.91 Å². The molecule has 1 fully saturated rings. The summed E-state index contributed by atoms with van der Waals surface area (Å²) in [4.78, 5) is 30.1. The fourth-order valence-corrected chi connectivity index (χ4v) is 2.79. The van der Waals surface area contributed by atoms with Crippen LogP contribution in [-0.4, -0.2) is 39.2 Å². The van der Waals surface area contributed by atoms with Crippen LogP contribution < -0.4 is 0 Å². The quantitative estimate of drug-likeness (QED) is 0.808. The molecule has 0 spiro atoms. The van der Waals surface area contributed by atoms with Crippen LogP contribution in [0.25, 0.3) is 0 Å². The molecule has 5 nitrogen and oxygen atoms in total. The van der Waals surface area contributed by atoms with Gasteiger partial charge in [0, 0.05) is 30.8 Å². The van der Waals surface area contributed by atoms with Gasteiger partial charge in [-0.15, -0.1) is 0 Å². The lowest BCUT2D eigenvalue weighted by Gasteiger charge is -2.31. The van der Waals surface area contributed by atoms with Crippen molar-refractivity contribution in [3.05, 3.63) is 54.4 Å². The zero-order valence-corrected chi connectivity index (χ0v) is 12.5. The lowest BCUT2D eigenvalue weighted by molar-refractivity contribution is -0.133. The summed E-state index contributed by atoms with van der Waals surface area (Å²) >= 11 is 0. The number of aromatic nitrogens is 2. The van der Waals surface area contributed by atoms with Gasteiger partial charge in [0.1, 0.15) is 18.7 Å². The first-order valence-electron chi connectivity index (χ1n) is 7.51. The highest BCUT2D eigenvalue weighted by Crippen LogP contribution is 2.22. The van der Waals surface area contributed by atoms with Gasteiger partial charge in [-0.1, -0.05) is 0 Å². The van der Waals surface area contributed by atoms with Gasteiger partial charge in [0.05, 0.1) is 6.20 Å². The van der Waals surface area contributed by atoms with Crippen LogP contribution in [0.3, 0.4) is 0 Å². The Bertz CT molecular complexity index is 674. The first kappa shape index (κ1) is 15.2. The molecule has 6 heteroatoms. The third kappa shape index (κ3) is 3.57. The molecule has 1 aromatic heterocycles. The summed E-state index contributed by atoms with van der Waals surface area (Å²) in [6.45, 7) is 1.29. The third-order valence-electron chi connectivity index (χ3n) is 4.11. The molecule has 1 saturated heterocycles. The first-order chi connectivity index (χ1) is 11.1. The number of piperidine rings is 1. The lowest BCUT2D eigenvalue weighted by Crippen LogP contribution is -2.41. The second kappa shape index (κ2) is 6.61. The Kier molecular flexibility index (Phi) is 4.38. The number of amides is 1.